The van der Waals surface area contributed by atoms with Gasteiger partial charge in [-0.1, -0.05) is 25.1 Å². The summed E-state index contributed by atoms with van der Waals surface area (Å²) < 4.78 is 5.81. The first kappa shape index (κ1) is 9.49. The number of rotatable bonds is 3. The van der Waals surface area contributed by atoms with E-state index in [4.69, 9.17) is 10.6 Å². The Hall–Kier alpha value is -1.06. The molecule has 0 amide bonds. The Morgan fingerprint density at radius 3 is 3.00 bits per heavy atom. The van der Waals surface area contributed by atoms with E-state index in [1.54, 1.807) is 0 Å². The van der Waals surface area contributed by atoms with Crippen molar-refractivity contribution in [3.8, 4) is 5.75 Å². The van der Waals surface area contributed by atoms with Gasteiger partial charge in [-0.2, -0.15) is 0 Å². The van der Waals surface area contributed by atoms with Crippen molar-refractivity contribution in [2.45, 2.75) is 31.9 Å². The Balaban J connectivity index is 2.11. The van der Waals surface area contributed by atoms with Crippen molar-refractivity contribution in [2.24, 2.45) is 5.84 Å². The summed E-state index contributed by atoms with van der Waals surface area (Å²) in [6.45, 7) is 2.11. The number of benzene rings is 1. The molecule has 3 N–H and O–H groups in total. The first-order valence-corrected chi connectivity index (χ1v) is 5.06. The van der Waals surface area contributed by atoms with Crippen molar-refractivity contribution in [1.82, 2.24) is 5.43 Å². The lowest BCUT2D eigenvalue weighted by molar-refractivity contribution is 0.175. The molecule has 76 valence electrons. The van der Waals surface area contributed by atoms with E-state index in [1.165, 1.54) is 5.56 Å². The van der Waals surface area contributed by atoms with E-state index in [1.807, 2.05) is 18.2 Å². The van der Waals surface area contributed by atoms with Gasteiger partial charge in [-0.05, 0) is 18.1 Å². The highest BCUT2D eigenvalue weighted by molar-refractivity contribution is 5.37. The van der Waals surface area contributed by atoms with Crippen LogP contribution in [0.1, 0.15) is 18.9 Å². The number of hydrogen-bond acceptors (Lipinski definition) is 3. The molecule has 1 aliphatic rings. The highest BCUT2D eigenvalue weighted by Gasteiger charge is 2.28. The first-order chi connectivity index (χ1) is 6.85. The molecule has 0 bridgehead atoms. The predicted molar refractivity (Wildman–Crippen MR) is 56.0 cm³/mol. The zero-order valence-corrected chi connectivity index (χ0v) is 8.36. The number of para-hydroxylation sites is 1. The smallest absolute Gasteiger partial charge is 0.123 e. The molecule has 0 aliphatic carbocycles. The second-order valence-electron chi connectivity index (χ2n) is 3.65. The fourth-order valence-electron chi connectivity index (χ4n) is 1.92. The lowest BCUT2D eigenvalue weighted by Gasteiger charge is -2.20. The lowest BCUT2D eigenvalue weighted by Crippen LogP contribution is -2.45. The number of ether oxygens (including phenoxy) is 1. The molecule has 1 heterocycles. The molecule has 0 fully saturated rings. The minimum Gasteiger partial charge on any atom is -0.488 e. The molecule has 1 aromatic carbocycles. The maximum absolute atomic E-state index is 5.81. The van der Waals surface area contributed by atoms with Gasteiger partial charge < -0.3 is 4.74 Å². The Labute approximate surface area is 84.2 Å². The molecule has 1 aromatic rings. The fraction of sp³-hybridized carbons (Fsp3) is 0.455. The number of fused-ring (bicyclic) bond motifs is 1. The van der Waals surface area contributed by atoms with Crippen LogP contribution in [-0.4, -0.2) is 12.1 Å². The van der Waals surface area contributed by atoms with Crippen molar-refractivity contribution in [3.63, 3.8) is 0 Å². The fourth-order valence-corrected chi connectivity index (χ4v) is 1.92. The molecule has 0 aromatic heterocycles. The topological polar surface area (TPSA) is 47.3 Å². The molecular formula is C11H16N2O. The molecule has 3 nitrogen and oxygen atoms in total. The summed E-state index contributed by atoms with van der Waals surface area (Å²) in [5.74, 6) is 6.47. The minimum absolute atomic E-state index is 0.183. The van der Waals surface area contributed by atoms with E-state index in [9.17, 15) is 0 Å². The van der Waals surface area contributed by atoms with Gasteiger partial charge in [-0.25, -0.2) is 0 Å². The average molecular weight is 192 g/mol. The third-order valence-electron chi connectivity index (χ3n) is 2.77. The largest absolute Gasteiger partial charge is 0.488 e. The number of hydrazine groups is 1. The van der Waals surface area contributed by atoms with E-state index in [2.05, 4.69) is 18.4 Å². The van der Waals surface area contributed by atoms with Crippen LogP contribution in [0.2, 0.25) is 0 Å². The Morgan fingerprint density at radius 2 is 2.36 bits per heavy atom. The van der Waals surface area contributed by atoms with Crippen LogP contribution >= 0.6 is 0 Å². The van der Waals surface area contributed by atoms with Crippen LogP contribution in [0, 0.1) is 0 Å². The quantitative estimate of drug-likeness (QED) is 0.559. The molecule has 0 saturated heterocycles. The SMILES string of the molecule is CCC(NN)C1Cc2ccccc2O1. The van der Waals surface area contributed by atoms with Crippen LogP contribution in [0.25, 0.3) is 0 Å². The van der Waals surface area contributed by atoms with Crippen molar-refractivity contribution in [1.29, 1.82) is 0 Å². The molecule has 1 aliphatic heterocycles. The van der Waals surface area contributed by atoms with Gasteiger partial charge in [0.25, 0.3) is 0 Å². The van der Waals surface area contributed by atoms with Crippen LogP contribution in [0.3, 0.4) is 0 Å². The summed E-state index contributed by atoms with van der Waals surface area (Å²) >= 11 is 0. The van der Waals surface area contributed by atoms with Crippen LogP contribution in [0.15, 0.2) is 24.3 Å². The molecule has 2 unspecified atom stereocenters. The van der Waals surface area contributed by atoms with E-state index in [0.29, 0.717) is 0 Å². The molecule has 2 atom stereocenters. The summed E-state index contributed by atoms with van der Waals surface area (Å²) in [6, 6.07) is 8.40. The lowest BCUT2D eigenvalue weighted by atomic mass is 10.0. The van der Waals surface area contributed by atoms with Crippen LogP contribution < -0.4 is 16.0 Å². The van der Waals surface area contributed by atoms with Gasteiger partial charge in [-0.15, -0.1) is 0 Å². The minimum atomic E-state index is 0.183. The highest BCUT2D eigenvalue weighted by atomic mass is 16.5. The van der Waals surface area contributed by atoms with E-state index >= 15 is 0 Å². The zero-order chi connectivity index (χ0) is 9.97. The molecule has 3 heteroatoms. The van der Waals surface area contributed by atoms with Gasteiger partial charge in [-0.3, -0.25) is 11.3 Å². The summed E-state index contributed by atoms with van der Waals surface area (Å²) in [7, 11) is 0. The van der Waals surface area contributed by atoms with Gasteiger partial charge in [0.05, 0.1) is 6.04 Å². The van der Waals surface area contributed by atoms with Gasteiger partial charge in [0.15, 0.2) is 0 Å². The predicted octanol–water partition coefficient (Wildman–Crippen LogP) is 1.23. The van der Waals surface area contributed by atoms with E-state index < -0.39 is 0 Å². The van der Waals surface area contributed by atoms with Crippen LogP contribution in [0.4, 0.5) is 0 Å². The Kier molecular flexibility index (Phi) is 2.70. The number of hydrogen-bond donors (Lipinski definition) is 2. The first-order valence-electron chi connectivity index (χ1n) is 5.06. The molecular weight excluding hydrogens is 176 g/mol. The number of nitrogens with one attached hydrogen (secondary N) is 1. The third-order valence-corrected chi connectivity index (χ3v) is 2.77. The molecule has 0 radical (unpaired) electrons. The maximum atomic E-state index is 5.81. The van der Waals surface area contributed by atoms with E-state index in [0.717, 1.165) is 18.6 Å². The third kappa shape index (κ3) is 1.61. The summed E-state index contributed by atoms with van der Waals surface area (Å²) in [5.41, 5.74) is 4.09. The Morgan fingerprint density at radius 1 is 1.57 bits per heavy atom. The van der Waals surface area contributed by atoms with Gasteiger partial charge in [0.1, 0.15) is 11.9 Å². The molecule has 0 saturated carbocycles. The van der Waals surface area contributed by atoms with Crippen molar-refractivity contribution in [2.75, 3.05) is 0 Å². The van der Waals surface area contributed by atoms with Crippen molar-refractivity contribution in [3.05, 3.63) is 29.8 Å². The van der Waals surface area contributed by atoms with E-state index in [-0.39, 0.29) is 12.1 Å². The Bertz CT molecular complexity index is 285. The average Bonchev–Trinajstić information content (AvgIpc) is 2.63. The van der Waals surface area contributed by atoms with Crippen molar-refractivity contribution >= 4 is 0 Å². The van der Waals surface area contributed by atoms with Gasteiger partial charge in [0, 0.05) is 6.42 Å². The monoisotopic (exact) mass is 192 g/mol. The molecule has 14 heavy (non-hydrogen) atoms. The summed E-state index contributed by atoms with van der Waals surface area (Å²) in [5, 5.41) is 0. The van der Waals surface area contributed by atoms with Gasteiger partial charge >= 0.3 is 0 Å². The summed E-state index contributed by atoms with van der Waals surface area (Å²) in [4.78, 5) is 0. The second-order valence-corrected chi connectivity index (χ2v) is 3.65. The van der Waals surface area contributed by atoms with Crippen molar-refractivity contribution < 1.29 is 4.74 Å². The second kappa shape index (κ2) is 3.98. The van der Waals surface area contributed by atoms with Crippen LogP contribution in [0.5, 0.6) is 5.75 Å². The summed E-state index contributed by atoms with van der Waals surface area (Å²) in [6.07, 6.45) is 2.12. The molecule has 2 rings (SSSR count). The van der Waals surface area contributed by atoms with Gasteiger partial charge in [0.2, 0.25) is 0 Å². The number of nitrogens with two attached hydrogens (primary N) is 1. The van der Waals surface area contributed by atoms with Crippen LogP contribution in [-0.2, 0) is 6.42 Å². The molecule has 0 spiro atoms. The zero-order valence-electron chi connectivity index (χ0n) is 8.36. The highest BCUT2D eigenvalue weighted by Crippen LogP contribution is 2.29. The standard InChI is InChI=1S/C11H16N2O/c1-2-9(13-12)11-7-8-5-3-4-6-10(8)14-11/h3-6,9,11,13H,2,7,12H2,1H3. The normalized spacial score (nSPS) is 21.4. The maximum Gasteiger partial charge on any atom is 0.123 e.